The summed E-state index contributed by atoms with van der Waals surface area (Å²) in [5, 5.41) is 3.62. The molecule has 0 spiro atoms. The Kier molecular flexibility index (Phi) is 1.29. The van der Waals surface area contributed by atoms with Crippen LogP contribution in [0.1, 0.15) is 21.8 Å². The number of hydrogen-bond acceptors (Lipinski definition) is 4. The van der Waals surface area contributed by atoms with E-state index in [9.17, 15) is 4.79 Å². The lowest BCUT2D eigenvalue weighted by atomic mass is 10.2. The molecule has 58 valence electrons. The van der Waals surface area contributed by atoms with Crippen molar-refractivity contribution in [3.05, 3.63) is 17.0 Å². The van der Waals surface area contributed by atoms with E-state index in [0.29, 0.717) is 5.69 Å². The van der Waals surface area contributed by atoms with Gasteiger partial charge in [0.1, 0.15) is 0 Å². The van der Waals surface area contributed by atoms with Crippen LogP contribution in [0.3, 0.4) is 0 Å². The van der Waals surface area contributed by atoms with Crippen molar-refractivity contribution < 1.29 is 9.32 Å². The maximum Gasteiger partial charge on any atom is 0.172 e. The molecule has 0 aromatic carbocycles. The van der Waals surface area contributed by atoms with E-state index in [-0.39, 0.29) is 0 Å². The summed E-state index contributed by atoms with van der Waals surface area (Å²) in [6, 6.07) is 0. The van der Waals surface area contributed by atoms with Crippen LogP contribution in [0.15, 0.2) is 4.52 Å². The minimum absolute atomic E-state index is 0.448. The van der Waals surface area contributed by atoms with Gasteiger partial charge in [0, 0.05) is 12.1 Å². The van der Waals surface area contributed by atoms with Gasteiger partial charge in [0.2, 0.25) is 0 Å². The van der Waals surface area contributed by atoms with Crippen LogP contribution in [0, 0.1) is 0 Å². The minimum Gasteiger partial charge on any atom is -0.359 e. The molecule has 0 fully saturated rings. The van der Waals surface area contributed by atoms with Crippen molar-refractivity contribution >= 4 is 6.29 Å². The number of fused-ring (bicyclic) bond motifs is 1. The van der Waals surface area contributed by atoms with E-state index in [1.54, 1.807) is 0 Å². The number of nitrogens with zero attached hydrogens (tertiary/aromatic N) is 2. The summed E-state index contributed by atoms with van der Waals surface area (Å²) in [5.41, 5.74) is 1.40. The summed E-state index contributed by atoms with van der Waals surface area (Å²) in [7, 11) is 1.98. The molecule has 1 aromatic rings. The van der Waals surface area contributed by atoms with Gasteiger partial charge in [0.25, 0.3) is 0 Å². The topological polar surface area (TPSA) is 46.3 Å². The lowest BCUT2D eigenvalue weighted by Gasteiger charge is -2.02. The molecular formula is C7H8N2O2. The molecule has 0 saturated heterocycles. The van der Waals surface area contributed by atoms with Crippen molar-refractivity contribution in [3.8, 4) is 0 Å². The molecular weight excluding hydrogens is 144 g/mol. The van der Waals surface area contributed by atoms with E-state index in [1.807, 2.05) is 7.05 Å². The predicted molar refractivity (Wildman–Crippen MR) is 37.1 cm³/mol. The van der Waals surface area contributed by atoms with Crippen LogP contribution < -0.4 is 0 Å². The quantitative estimate of drug-likeness (QED) is 0.547. The van der Waals surface area contributed by atoms with Gasteiger partial charge in [-0.05, 0) is 7.05 Å². The van der Waals surface area contributed by atoms with Gasteiger partial charge >= 0.3 is 0 Å². The van der Waals surface area contributed by atoms with Crippen LogP contribution in [0.4, 0.5) is 0 Å². The fourth-order valence-electron chi connectivity index (χ4n) is 1.31. The SMILES string of the molecule is CN1Cc2onc(C=O)c2C1. The summed E-state index contributed by atoms with van der Waals surface area (Å²) in [5.74, 6) is 0.828. The van der Waals surface area contributed by atoms with Crippen molar-refractivity contribution in [2.24, 2.45) is 0 Å². The molecule has 11 heavy (non-hydrogen) atoms. The molecule has 0 saturated carbocycles. The van der Waals surface area contributed by atoms with Crippen molar-refractivity contribution in [2.75, 3.05) is 7.05 Å². The summed E-state index contributed by atoms with van der Waals surface area (Å²) in [4.78, 5) is 12.5. The molecule has 1 aromatic heterocycles. The largest absolute Gasteiger partial charge is 0.359 e. The second-order valence-corrected chi connectivity index (χ2v) is 2.76. The Morgan fingerprint density at radius 1 is 1.64 bits per heavy atom. The van der Waals surface area contributed by atoms with Gasteiger partial charge in [-0.1, -0.05) is 5.16 Å². The van der Waals surface area contributed by atoms with Gasteiger partial charge < -0.3 is 4.52 Å². The van der Waals surface area contributed by atoms with Crippen molar-refractivity contribution in [3.63, 3.8) is 0 Å². The van der Waals surface area contributed by atoms with E-state index in [0.717, 1.165) is 30.7 Å². The Balaban J connectivity index is 2.44. The molecule has 0 unspecified atom stereocenters. The van der Waals surface area contributed by atoms with Gasteiger partial charge in [-0.15, -0.1) is 0 Å². The maximum absolute atomic E-state index is 10.4. The van der Waals surface area contributed by atoms with Crippen molar-refractivity contribution in [2.45, 2.75) is 13.1 Å². The molecule has 0 amide bonds. The predicted octanol–water partition coefficient (Wildman–Crippen LogP) is 0.432. The Hall–Kier alpha value is -1.16. The van der Waals surface area contributed by atoms with E-state index >= 15 is 0 Å². The molecule has 2 rings (SSSR count). The van der Waals surface area contributed by atoms with E-state index < -0.39 is 0 Å². The first kappa shape index (κ1) is 6.54. The van der Waals surface area contributed by atoms with E-state index in [2.05, 4.69) is 10.1 Å². The van der Waals surface area contributed by atoms with Crippen LogP contribution >= 0.6 is 0 Å². The van der Waals surface area contributed by atoms with Crippen LogP contribution in [0.5, 0.6) is 0 Å². The number of aromatic nitrogens is 1. The van der Waals surface area contributed by atoms with Crippen LogP contribution in [0.2, 0.25) is 0 Å². The van der Waals surface area contributed by atoms with Crippen LogP contribution in [-0.4, -0.2) is 23.4 Å². The van der Waals surface area contributed by atoms with E-state index in [4.69, 9.17) is 4.52 Å². The first-order chi connectivity index (χ1) is 5.31. The molecule has 0 atom stereocenters. The fourth-order valence-corrected chi connectivity index (χ4v) is 1.31. The Bertz CT molecular complexity index is 293. The second-order valence-electron chi connectivity index (χ2n) is 2.76. The Morgan fingerprint density at radius 2 is 2.45 bits per heavy atom. The molecule has 0 radical (unpaired) electrons. The zero-order chi connectivity index (χ0) is 7.84. The highest BCUT2D eigenvalue weighted by atomic mass is 16.5. The lowest BCUT2D eigenvalue weighted by molar-refractivity contribution is 0.111. The molecule has 0 aliphatic carbocycles. The number of hydrogen-bond donors (Lipinski definition) is 0. The summed E-state index contributed by atoms with van der Waals surface area (Å²) in [6.07, 6.45) is 0.738. The van der Waals surface area contributed by atoms with Crippen molar-refractivity contribution in [1.82, 2.24) is 10.1 Å². The molecule has 1 aliphatic rings. The molecule has 2 heterocycles. The van der Waals surface area contributed by atoms with E-state index in [1.165, 1.54) is 0 Å². The molecule has 4 heteroatoms. The highest BCUT2D eigenvalue weighted by Gasteiger charge is 2.23. The zero-order valence-electron chi connectivity index (χ0n) is 6.20. The standard InChI is InChI=1S/C7H8N2O2/c1-9-2-5-6(4-10)8-11-7(5)3-9/h4H,2-3H2,1H3. The molecule has 4 nitrogen and oxygen atoms in total. The lowest BCUT2D eigenvalue weighted by Crippen LogP contribution is -2.08. The number of rotatable bonds is 1. The van der Waals surface area contributed by atoms with Crippen molar-refractivity contribution in [1.29, 1.82) is 0 Å². The highest BCUT2D eigenvalue weighted by molar-refractivity contribution is 5.74. The van der Waals surface area contributed by atoms with Crippen LogP contribution in [0.25, 0.3) is 0 Å². The number of aldehydes is 1. The third-order valence-corrected chi connectivity index (χ3v) is 1.85. The first-order valence-corrected chi connectivity index (χ1v) is 3.42. The minimum atomic E-state index is 0.448. The summed E-state index contributed by atoms with van der Waals surface area (Å²) < 4.78 is 4.95. The van der Waals surface area contributed by atoms with Crippen LogP contribution in [-0.2, 0) is 13.1 Å². The third kappa shape index (κ3) is 0.867. The highest BCUT2D eigenvalue weighted by Crippen LogP contribution is 2.22. The smallest absolute Gasteiger partial charge is 0.172 e. The van der Waals surface area contributed by atoms with Gasteiger partial charge in [0.05, 0.1) is 6.54 Å². The first-order valence-electron chi connectivity index (χ1n) is 3.42. The van der Waals surface area contributed by atoms with Gasteiger partial charge in [-0.25, -0.2) is 0 Å². The Labute approximate surface area is 63.8 Å². The number of carbonyl (C=O) groups excluding carboxylic acids is 1. The van der Waals surface area contributed by atoms with Gasteiger partial charge in [-0.2, -0.15) is 0 Å². The summed E-state index contributed by atoms with van der Waals surface area (Å²) in [6.45, 7) is 1.53. The molecule has 1 aliphatic heterocycles. The zero-order valence-corrected chi connectivity index (χ0v) is 6.20. The fraction of sp³-hybridized carbons (Fsp3) is 0.429. The van der Waals surface area contributed by atoms with Gasteiger partial charge in [0.15, 0.2) is 17.7 Å². The molecule has 0 N–H and O–H groups in total. The molecule has 0 bridgehead atoms. The summed E-state index contributed by atoms with van der Waals surface area (Å²) >= 11 is 0. The average Bonchev–Trinajstić information content (AvgIpc) is 2.45. The van der Waals surface area contributed by atoms with Gasteiger partial charge in [-0.3, -0.25) is 9.69 Å². The second kappa shape index (κ2) is 2.17. The third-order valence-electron chi connectivity index (χ3n) is 1.85. The monoisotopic (exact) mass is 152 g/mol. The maximum atomic E-state index is 10.4. The average molecular weight is 152 g/mol. The normalized spacial score (nSPS) is 16.8. The Morgan fingerprint density at radius 3 is 3.18 bits per heavy atom. The number of carbonyl (C=O) groups is 1.